The molecule has 0 bridgehead atoms. The summed E-state index contributed by atoms with van der Waals surface area (Å²) in [4.78, 5) is 25.1. The van der Waals surface area contributed by atoms with Gasteiger partial charge in [-0.05, 0) is 23.3 Å². The normalized spacial score (nSPS) is 33.5. The van der Waals surface area contributed by atoms with E-state index in [1.54, 1.807) is 30.4 Å². The van der Waals surface area contributed by atoms with Gasteiger partial charge in [-0.1, -0.05) is 49.6 Å². The molecule has 0 radical (unpaired) electrons. The van der Waals surface area contributed by atoms with Gasteiger partial charge in [0.2, 0.25) is 0 Å². The molecule has 4 heteroatoms. The minimum atomic E-state index is -0.378. The number of esters is 2. The Morgan fingerprint density at radius 2 is 1.50 bits per heavy atom. The Morgan fingerprint density at radius 3 is 2.21 bits per heavy atom. The molecule has 1 aromatic carbocycles. The van der Waals surface area contributed by atoms with Crippen molar-refractivity contribution in [2.75, 3.05) is 0 Å². The Kier molecular flexibility index (Phi) is 3.27. The van der Waals surface area contributed by atoms with E-state index >= 15 is 0 Å². The molecule has 1 aliphatic carbocycles. The average molecular weight is 320 g/mol. The summed E-state index contributed by atoms with van der Waals surface area (Å²) >= 11 is 0. The molecule has 120 valence electrons. The molecule has 0 N–H and O–H groups in total. The van der Waals surface area contributed by atoms with Crippen LogP contribution in [-0.4, -0.2) is 11.9 Å². The summed E-state index contributed by atoms with van der Waals surface area (Å²) in [5.41, 5.74) is 1.70. The molecule has 3 aliphatic rings. The number of carbonyl (C=O) groups is 2. The zero-order valence-corrected chi connectivity index (χ0v) is 13.0. The zero-order chi connectivity index (χ0) is 16.8. The number of allylic oxidation sites excluding steroid dienone is 5. The predicted molar refractivity (Wildman–Crippen MR) is 87.9 cm³/mol. The number of hydrogen-bond donors (Lipinski definition) is 0. The first-order valence-corrected chi connectivity index (χ1v) is 7.85. The fourth-order valence-corrected chi connectivity index (χ4v) is 4.09. The zero-order valence-electron chi connectivity index (χ0n) is 13.0. The summed E-state index contributed by atoms with van der Waals surface area (Å²) in [5, 5.41) is 0. The van der Waals surface area contributed by atoms with Crippen LogP contribution in [-0.2, 0) is 14.3 Å². The van der Waals surface area contributed by atoms with Gasteiger partial charge >= 0.3 is 11.9 Å². The molecule has 24 heavy (non-hydrogen) atoms. The van der Waals surface area contributed by atoms with Gasteiger partial charge < -0.3 is 9.47 Å². The summed E-state index contributed by atoms with van der Waals surface area (Å²) < 4.78 is 11.0. The van der Waals surface area contributed by atoms with Gasteiger partial charge in [0, 0.05) is 11.8 Å². The summed E-state index contributed by atoms with van der Waals surface area (Å²) in [6.07, 6.45) is 6.63. The SMILES string of the molecule is C=CC=C1/C(=C\C=C)OC(=O)C2C1C1C(=O)Oc3ccccc3C21. The number of rotatable bonds is 2. The third-order valence-electron chi connectivity index (χ3n) is 5.00. The standard InChI is InChI=1S/C20H16O4/c1-3-7-11-13(8-4-2)23-19(21)17-15(11)18-16(17)12-9-5-6-10-14(12)24-20(18)22/h3-10,15-18H,1-2H2/b11-7?,13-8+. The average Bonchev–Trinajstić information content (AvgIpc) is 2.53. The molecular weight excluding hydrogens is 304 g/mol. The van der Waals surface area contributed by atoms with E-state index in [2.05, 4.69) is 13.2 Å². The van der Waals surface area contributed by atoms with Crippen molar-refractivity contribution >= 4 is 11.9 Å². The van der Waals surface area contributed by atoms with Gasteiger partial charge in [-0.25, -0.2) is 0 Å². The number of hydrogen-bond acceptors (Lipinski definition) is 4. The van der Waals surface area contributed by atoms with Gasteiger partial charge in [-0.2, -0.15) is 0 Å². The summed E-state index contributed by atoms with van der Waals surface area (Å²) in [6.45, 7) is 7.38. The first kappa shape index (κ1) is 14.7. The predicted octanol–water partition coefficient (Wildman–Crippen LogP) is 3.29. The van der Waals surface area contributed by atoms with Crippen LogP contribution in [0.4, 0.5) is 0 Å². The van der Waals surface area contributed by atoms with E-state index < -0.39 is 0 Å². The van der Waals surface area contributed by atoms with Crippen LogP contribution in [0.5, 0.6) is 5.75 Å². The number of ether oxygens (including phenoxy) is 2. The highest BCUT2D eigenvalue weighted by Crippen LogP contribution is 2.62. The Labute approximate surface area is 139 Å². The van der Waals surface area contributed by atoms with Crippen molar-refractivity contribution in [1.29, 1.82) is 0 Å². The van der Waals surface area contributed by atoms with E-state index in [-0.39, 0.29) is 35.6 Å². The van der Waals surface area contributed by atoms with Crippen LogP contribution in [0.1, 0.15) is 11.5 Å². The smallest absolute Gasteiger partial charge is 0.315 e. The van der Waals surface area contributed by atoms with Crippen molar-refractivity contribution in [3.63, 3.8) is 0 Å². The fraction of sp³-hybridized carbons (Fsp3) is 0.200. The van der Waals surface area contributed by atoms with E-state index in [0.29, 0.717) is 11.5 Å². The molecule has 2 aliphatic heterocycles. The number of benzene rings is 1. The van der Waals surface area contributed by atoms with Crippen molar-refractivity contribution in [2.45, 2.75) is 5.92 Å². The molecule has 1 aromatic rings. The summed E-state index contributed by atoms with van der Waals surface area (Å²) in [6, 6.07) is 7.37. The summed E-state index contributed by atoms with van der Waals surface area (Å²) in [7, 11) is 0. The molecule has 4 unspecified atom stereocenters. The Hall–Kier alpha value is -2.88. The topological polar surface area (TPSA) is 52.6 Å². The van der Waals surface area contributed by atoms with E-state index in [4.69, 9.17) is 9.47 Å². The van der Waals surface area contributed by atoms with E-state index in [1.165, 1.54) is 0 Å². The second-order valence-electron chi connectivity index (χ2n) is 6.11. The van der Waals surface area contributed by atoms with Gasteiger partial charge in [0.15, 0.2) is 0 Å². The lowest BCUT2D eigenvalue weighted by atomic mass is 9.50. The largest absolute Gasteiger partial charge is 0.426 e. The first-order chi connectivity index (χ1) is 11.7. The van der Waals surface area contributed by atoms with E-state index in [0.717, 1.165) is 11.1 Å². The highest BCUT2D eigenvalue weighted by Gasteiger charge is 2.64. The molecule has 0 spiro atoms. The molecule has 1 saturated heterocycles. The number of para-hydroxylation sites is 1. The third-order valence-corrected chi connectivity index (χ3v) is 5.00. The van der Waals surface area contributed by atoms with Crippen LogP contribution in [0, 0.1) is 17.8 Å². The number of cyclic esters (lactones) is 1. The van der Waals surface area contributed by atoms with Crippen LogP contribution in [0.15, 0.2) is 73.1 Å². The van der Waals surface area contributed by atoms with Crippen molar-refractivity contribution in [3.8, 4) is 5.75 Å². The Balaban J connectivity index is 1.83. The number of fused-ring (bicyclic) bond motifs is 6. The van der Waals surface area contributed by atoms with Crippen LogP contribution in [0.2, 0.25) is 0 Å². The molecule has 4 atom stereocenters. The molecule has 4 rings (SSSR count). The lowest BCUT2D eigenvalue weighted by Gasteiger charge is -2.54. The third kappa shape index (κ3) is 1.86. The summed E-state index contributed by atoms with van der Waals surface area (Å²) in [5.74, 6) is -0.824. The highest BCUT2D eigenvalue weighted by atomic mass is 16.5. The first-order valence-electron chi connectivity index (χ1n) is 7.85. The van der Waals surface area contributed by atoms with Gasteiger partial charge in [-0.15, -0.1) is 0 Å². The van der Waals surface area contributed by atoms with Crippen molar-refractivity contribution in [3.05, 3.63) is 78.6 Å². The van der Waals surface area contributed by atoms with Gasteiger partial charge in [0.25, 0.3) is 0 Å². The molecule has 4 nitrogen and oxygen atoms in total. The maximum atomic E-state index is 12.6. The van der Waals surface area contributed by atoms with Crippen LogP contribution >= 0.6 is 0 Å². The van der Waals surface area contributed by atoms with Crippen LogP contribution in [0.3, 0.4) is 0 Å². The quantitative estimate of drug-likeness (QED) is 0.620. The van der Waals surface area contributed by atoms with Crippen LogP contribution < -0.4 is 4.74 Å². The van der Waals surface area contributed by atoms with E-state index in [1.807, 2.05) is 18.2 Å². The second kappa shape index (κ2) is 5.34. The maximum Gasteiger partial charge on any atom is 0.315 e. The molecule has 2 fully saturated rings. The van der Waals surface area contributed by atoms with Crippen LogP contribution in [0.25, 0.3) is 0 Å². The molecule has 0 aromatic heterocycles. The lowest BCUT2D eigenvalue weighted by molar-refractivity contribution is -0.169. The fourth-order valence-electron chi connectivity index (χ4n) is 4.09. The van der Waals surface area contributed by atoms with Crippen molar-refractivity contribution < 1.29 is 19.1 Å². The molecule has 2 heterocycles. The number of carbonyl (C=O) groups excluding carboxylic acids is 2. The molecule has 0 amide bonds. The monoisotopic (exact) mass is 320 g/mol. The van der Waals surface area contributed by atoms with E-state index in [9.17, 15) is 9.59 Å². The Bertz CT molecular complexity index is 830. The van der Waals surface area contributed by atoms with Gasteiger partial charge in [0.1, 0.15) is 11.5 Å². The minimum Gasteiger partial charge on any atom is -0.426 e. The van der Waals surface area contributed by atoms with Gasteiger partial charge in [0.05, 0.1) is 11.8 Å². The highest BCUT2D eigenvalue weighted by molar-refractivity contribution is 5.90. The molecule has 1 saturated carbocycles. The van der Waals surface area contributed by atoms with Crippen molar-refractivity contribution in [1.82, 2.24) is 0 Å². The van der Waals surface area contributed by atoms with Gasteiger partial charge in [-0.3, -0.25) is 9.59 Å². The second-order valence-corrected chi connectivity index (χ2v) is 6.11. The Morgan fingerprint density at radius 1 is 0.833 bits per heavy atom. The molecular formula is C20H16O4. The minimum absolute atomic E-state index is 0.196. The maximum absolute atomic E-state index is 12.6. The van der Waals surface area contributed by atoms with Crippen molar-refractivity contribution in [2.24, 2.45) is 17.8 Å². The lowest BCUT2D eigenvalue weighted by Crippen LogP contribution is -2.58.